The topological polar surface area (TPSA) is 72.5 Å². The lowest BCUT2D eigenvalue weighted by Crippen LogP contribution is -2.32. The molecular formula is C23H21FN4O2. The second-order valence-electron chi connectivity index (χ2n) is 7.56. The first-order chi connectivity index (χ1) is 14.7. The van der Waals surface area contributed by atoms with Crippen molar-refractivity contribution in [3.8, 4) is 34.0 Å². The zero-order valence-corrected chi connectivity index (χ0v) is 16.3. The van der Waals surface area contributed by atoms with E-state index in [1.165, 1.54) is 0 Å². The summed E-state index contributed by atoms with van der Waals surface area (Å²) < 4.78 is 21.6. The van der Waals surface area contributed by atoms with Crippen LogP contribution < -0.4 is 4.74 Å². The molecule has 1 N–H and O–H groups in total. The Labute approximate surface area is 173 Å². The molecule has 1 aliphatic rings. The summed E-state index contributed by atoms with van der Waals surface area (Å²) in [5, 5.41) is 18.8. The summed E-state index contributed by atoms with van der Waals surface area (Å²) in [7, 11) is 0. The van der Waals surface area contributed by atoms with E-state index >= 15 is 0 Å². The summed E-state index contributed by atoms with van der Waals surface area (Å²) in [6.45, 7) is 0. The van der Waals surface area contributed by atoms with E-state index in [9.17, 15) is 9.50 Å². The van der Waals surface area contributed by atoms with E-state index in [-0.39, 0.29) is 5.75 Å². The van der Waals surface area contributed by atoms with E-state index < -0.39 is 12.3 Å². The quantitative estimate of drug-likeness (QED) is 0.528. The van der Waals surface area contributed by atoms with Gasteiger partial charge in [0.1, 0.15) is 23.7 Å². The van der Waals surface area contributed by atoms with Gasteiger partial charge in [-0.15, -0.1) is 10.2 Å². The van der Waals surface area contributed by atoms with Crippen LogP contribution in [0.15, 0.2) is 61.1 Å². The number of aromatic nitrogens is 4. The fraction of sp³-hybridized carbons (Fsp3) is 0.261. The highest BCUT2D eigenvalue weighted by atomic mass is 19.1. The first kappa shape index (κ1) is 18.5. The van der Waals surface area contributed by atoms with E-state index in [0.29, 0.717) is 30.0 Å². The van der Waals surface area contributed by atoms with E-state index in [4.69, 9.17) is 4.74 Å². The zero-order valence-electron chi connectivity index (χ0n) is 16.3. The Morgan fingerprint density at radius 2 is 1.87 bits per heavy atom. The van der Waals surface area contributed by atoms with Crippen LogP contribution in [0.4, 0.5) is 4.39 Å². The predicted molar refractivity (Wildman–Crippen MR) is 111 cm³/mol. The molecule has 30 heavy (non-hydrogen) atoms. The molecule has 1 aliphatic carbocycles. The Morgan fingerprint density at radius 3 is 2.67 bits per heavy atom. The van der Waals surface area contributed by atoms with Crippen molar-refractivity contribution in [3.05, 3.63) is 61.1 Å². The summed E-state index contributed by atoms with van der Waals surface area (Å²) in [6.07, 6.45) is 7.26. The predicted octanol–water partition coefficient (Wildman–Crippen LogP) is 4.82. The van der Waals surface area contributed by atoms with Gasteiger partial charge in [-0.3, -0.25) is 0 Å². The summed E-state index contributed by atoms with van der Waals surface area (Å²) in [5.41, 5.74) is 3.81. The normalized spacial score (nSPS) is 19.1. The Balaban J connectivity index is 1.36. The van der Waals surface area contributed by atoms with Crippen LogP contribution in [0.25, 0.3) is 28.0 Å². The molecule has 1 fully saturated rings. The number of nitrogens with zero attached hydrogens (tertiary/aromatic N) is 4. The fourth-order valence-electron chi connectivity index (χ4n) is 3.88. The van der Waals surface area contributed by atoms with Crippen LogP contribution in [0.5, 0.6) is 11.6 Å². The van der Waals surface area contributed by atoms with Crippen molar-refractivity contribution in [2.75, 3.05) is 0 Å². The molecule has 6 nitrogen and oxygen atoms in total. The molecule has 3 heterocycles. The van der Waals surface area contributed by atoms with Gasteiger partial charge in [0, 0.05) is 30.2 Å². The van der Waals surface area contributed by atoms with Gasteiger partial charge in [-0.05, 0) is 60.7 Å². The maximum absolute atomic E-state index is 14.0. The van der Waals surface area contributed by atoms with Gasteiger partial charge in [-0.2, -0.15) is 0 Å². The minimum absolute atomic E-state index is 0.109. The van der Waals surface area contributed by atoms with Crippen molar-refractivity contribution in [2.24, 2.45) is 0 Å². The number of phenolic OH excluding ortho intramolecular Hbond substituents is 1. The van der Waals surface area contributed by atoms with Crippen LogP contribution in [0.3, 0.4) is 0 Å². The maximum Gasteiger partial charge on any atom is 0.233 e. The number of fused-ring (bicyclic) bond motifs is 1. The molecular weight excluding hydrogens is 383 g/mol. The molecule has 0 unspecified atom stereocenters. The van der Waals surface area contributed by atoms with E-state index in [1.54, 1.807) is 24.4 Å². The third kappa shape index (κ3) is 3.58. The van der Waals surface area contributed by atoms with E-state index in [2.05, 4.69) is 15.2 Å². The SMILES string of the molecule is Oc1cc(-c2ccc3nccn3c2)ccc1-c1ccc(O[C@@H]2CCCC[C@@H]2F)nn1. The highest BCUT2D eigenvalue weighted by Gasteiger charge is 2.26. The Morgan fingerprint density at radius 1 is 1.00 bits per heavy atom. The van der Waals surface area contributed by atoms with Crippen molar-refractivity contribution in [2.45, 2.75) is 38.0 Å². The lowest BCUT2D eigenvalue weighted by molar-refractivity contribution is 0.0594. The molecule has 0 saturated heterocycles. The number of hydrogen-bond donors (Lipinski definition) is 1. The number of imidazole rings is 1. The van der Waals surface area contributed by atoms with Gasteiger partial charge in [-0.25, -0.2) is 9.37 Å². The summed E-state index contributed by atoms with van der Waals surface area (Å²) in [6, 6.07) is 12.7. The van der Waals surface area contributed by atoms with E-state index in [0.717, 1.165) is 29.6 Å². The molecule has 7 heteroatoms. The molecule has 152 valence electrons. The van der Waals surface area contributed by atoms with Gasteiger partial charge >= 0.3 is 0 Å². The average Bonchev–Trinajstić information content (AvgIpc) is 3.24. The van der Waals surface area contributed by atoms with Crippen molar-refractivity contribution >= 4 is 5.65 Å². The summed E-state index contributed by atoms with van der Waals surface area (Å²) in [5.74, 6) is 0.412. The van der Waals surface area contributed by atoms with E-state index in [1.807, 2.05) is 41.1 Å². The number of rotatable bonds is 4. The molecule has 1 aromatic carbocycles. The minimum Gasteiger partial charge on any atom is -0.507 e. The second-order valence-corrected chi connectivity index (χ2v) is 7.56. The second kappa shape index (κ2) is 7.74. The number of phenols is 1. The van der Waals surface area contributed by atoms with Crippen LogP contribution in [0.2, 0.25) is 0 Å². The van der Waals surface area contributed by atoms with Gasteiger partial charge in [0.05, 0.1) is 5.69 Å². The molecule has 0 aliphatic heterocycles. The lowest BCUT2D eigenvalue weighted by atomic mass is 9.96. The Kier molecular flexibility index (Phi) is 4.78. The van der Waals surface area contributed by atoms with Crippen molar-refractivity contribution in [3.63, 3.8) is 0 Å². The molecule has 0 bridgehead atoms. The summed E-state index contributed by atoms with van der Waals surface area (Å²) in [4.78, 5) is 4.24. The van der Waals surface area contributed by atoms with Crippen LogP contribution >= 0.6 is 0 Å². The van der Waals surface area contributed by atoms with Gasteiger partial charge < -0.3 is 14.2 Å². The van der Waals surface area contributed by atoms with Crippen LogP contribution in [0.1, 0.15) is 25.7 Å². The highest BCUT2D eigenvalue weighted by Crippen LogP contribution is 2.33. The molecule has 1 saturated carbocycles. The molecule has 2 atom stereocenters. The van der Waals surface area contributed by atoms with Gasteiger partial charge in [0.15, 0.2) is 0 Å². The number of hydrogen-bond acceptors (Lipinski definition) is 5. The third-order valence-corrected chi connectivity index (χ3v) is 5.53. The maximum atomic E-state index is 14.0. The number of halogens is 1. The van der Waals surface area contributed by atoms with Crippen LogP contribution in [-0.2, 0) is 0 Å². The lowest BCUT2D eigenvalue weighted by Gasteiger charge is -2.25. The first-order valence-corrected chi connectivity index (χ1v) is 10.1. The molecule has 5 rings (SSSR count). The van der Waals surface area contributed by atoms with Crippen molar-refractivity contribution in [1.29, 1.82) is 0 Å². The van der Waals surface area contributed by atoms with Crippen molar-refractivity contribution < 1.29 is 14.2 Å². The number of aromatic hydroxyl groups is 1. The first-order valence-electron chi connectivity index (χ1n) is 10.1. The molecule has 0 amide bonds. The van der Waals surface area contributed by atoms with Gasteiger partial charge in [0.2, 0.25) is 5.88 Å². The molecule has 0 spiro atoms. The molecule has 4 aromatic rings. The molecule has 3 aromatic heterocycles. The Hall–Kier alpha value is -3.48. The monoisotopic (exact) mass is 404 g/mol. The number of ether oxygens (including phenoxy) is 1. The smallest absolute Gasteiger partial charge is 0.233 e. The van der Waals surface area contributed by atoms with Gasteiger partial charge in [0.25, 0.3) is 0 Å². The third-order valence-electron chi connectivity index (χ3n) is 5.53. The number of pyridine rings is 1. The van der Waals surface area contributed by atoms with Gasteiger partial charge in [-0.1, -0.05) is 12.5 Å². The number of alkyl halides is 1. The highest BCUT2D eigenvalue weighted by molar-refractivity contribution is 5.74. The van der Waals surface area contributed by atoms with Crippen molar-refractivity contribution in [1.82, 2.24) is 19.6 Å². The zero-order chi connectivity index (χ0) is 20.5. The summed E-state index contributed by atoms with van der Waals surface area (Å²) >= 11 is 0. The largest absolute Gasteiger partial charge is 0.507 e. The Bertz CT molecular complexity index is 1180. The van der Waals surface area contributed by atoms with Crippen LogP contribution in [-0.4, -0.2) is 37.0 Å². The number of benzene rings is 1. The average molecular weight is 404 g/mol. The standard InChI is InChI=1S/C23H21FN4O2/c24-18-3-1-2-4-21(18)30-23-10-8-19(26-27-23)17-7-5-15(13-20(17)29)16-6-9-22-25-11-12-28(22)14-16/h5-14,18,21,29H,1-4H2/t18-,21+/m0/s1. The molecule has 0 radical (unpaired) electrons. The minimum atomic E-state index is -0.960. The fourth-order valence-corrected chi connectivity index (χ4v) is 3.88. The van der Waals surface area contributed by atoms with Crippen LogP contribution in [0, 0.1) is 0 Å².